The molecule has 0 unspecified atom stereocenters. The second kappa shape index (κ2) is 12.0. The maximum Gasteiger partial charge on any atom is 0.237 e. The zero-order chi connectivity index (χ0) is 22.0. The fourth-order valence-corrected chi connectivity index (χ4v) is 3.70. The zero-order valence-corrected chi connectivity index (χ0v) is 19.3. The van der Waals surface area contributed by atoms with Crippen molar-refractivity contribution in [3.05, 3.63) is 53.8 Å². The number of likely N-dealkylation sites (tertiary alicyclic amines) is 1. The Labute approximate surface area is 181 Å². The molecule has 3 rings (SSSR count). The van der Waals surface area contributed by atoms with E-state index in [0.717, 1.165) is 56.6 Å². The Hall–Kier alpha value is -2.01. The van der Waals surface area contributed by atoms with E-state index in [1.165, 1.54) is 0 Å². The molecule has 1 aromatic heterocycles. The minimum Gasteiger partial charge on any atom is -0.471 e. The van der Waals surface area contributed by atoms with Crippen molar-refractivity contribution in [2.45, 2.75) is 78.9 Å². The lowest BCUT2D eigenvalue weighted by molar-refractivity contribution is 0.116. The first-order chi connectivity index (χ1) is 14.4. The van der Waals surface area contributed by atoms with E-state index in [1.54, 1.807) is 12.4 Å². The predicted octanol–water partition coefficient (Wildman–Crippen LogP) is 6.41. The SMILES string of the molecule is CC.CC(C)(C)Oc1nccnc1CN1CCC(CCC2=C(F)CC=CC=C2)CC1. The molecule has 2 aliphatic rings. The van der Waals surface area contributed by atoms with E-state index in [0.29, 0.717) is 18.2 Å². The average molecular weight is 416 g/mol. The Bertz CT molecular complexity index is 741. The Morgan fingerprint density at radius 1 is 1.10 bits per heavy atom. The average Bonchev–Trinajstić information content (AvgIpc) is 2.93. The van der Waals surface area contributed by atoms with Crippen molar-refractivity contribution in [3.63, 3.8) is 0 Å². The highest BCUT2D eigenvalue weighted by molar-refractivity contribution is 5.29. The molecule has 1 aliphatic heterocycles. The summed E-state index contributed by atoms with van der Waals surface area (Å²) >= 11 is 0. The van der Waals surface area contributed by atoms with E-state index in [4.69, 9.17) is 4.74 Å². The first-order valence-electron chi connectivity index (χ1n) is 11.3. The van der Waals surface area contributed by atoms with Gasteiger partial charge in [-0.05, 0) is 71.0 Å². The summed E-state index contributed by atoms with van der Waals surface area (Å²) in [6, 6.07) is 0. The molecule has 0 amide bonds. The number of nitrogens with zero attached hydrogens (tertiary/aromatic N) is 3. The third-order valence-electron chi connectivity index (χ3n) is 5.23. The highest BCUT2D eigenvalue weighted by Crippen LogP contribution is 2.28. The molecule has 5 heteroatoms. The minimum absolute atomic E-state index is 0.0245. The highest BCUT2D eigenvalue weighted by atomic mass is 19.1. The Morgan fingerprint density at radius 2 is 1.80 bits per heavy atom. The number of hydrogen-bond donors (Lipinski definition) is 0. The van der Waals surface area contributed by atoms with Crippen molar-refractivity contribution in [1.29, 1.82) is 0 Å². The minimum atomic E-state index is -0.288. The largest absolute Gasteiger partial charge is 0.471 e. The van der Waals surface area contributed by atoms with Crippen molar-refractivity contribution in [1.82, 2.24) is 14.9 Å². The molecule has 1 aliphatic carbocycles. The van der Waals surface area contributed by atoms with Gasteiger partial charge < -0.3 is 4.74 Å². The lowest BCUT2D eigenvalue weighted by Crippen LogP contribution is -2.34. The third kappa shape index (κ3) is 8.02. The van der Waals surface area contributed by atoms with Crippen molar-refractivity contribution in [2.24, 2.45) is 5.92 Å². The molecule has 0 N–H and O–H groups in total. The van der Waals surface area contributed by atoms with Crippen LogP contribution >= 0.6 is 0 Å². The maximum absolute atomic E-state index is 14.1. The molecule has 0 atom stereocenters. The standard InChI is InChI=1S/C23H32FN3O.C2H6/c1-23(2,3)28-22-21(25-13-14-26-22)17-27-15-11-18(12-16-27)9-10-19-7-5-4-6-8-20(19)24;1-2/h4-7,13-14,18H,8-12,15-17H2,1-3H3;1-2H3. The zero-order valence-electron chi connectivity index (χ0n) is 19.3. The van der Waals surface area contributed by atoms with Crippen LogP contribution < -0.4 is 4.74 Å². The Morgan fingerprint density at radius 3 is 2.50 bits per heavy atom. The summed E-state index contributed by atoms with van der Waals surface area (Å²) in [5.74, 6) is 1.32. The van der Waals surface area contributed by atoms with Gasteiger partial charge in [-0.2, -0.15) is 0 Å². The van der Waals surface area contributed by atoms with Crippen molar-refractivity contribution in [3.8, 4) is 5.88 Å². The van der Waals surface area contributed by atoms with Crippen molar-refractivity contribution < 1.29 is 9.13 Å². The molecule has 166 valence electrons. The van der Waals surface area contributed by atoms with Gasteiger partial charge >= 0.3 is 0 Å². The van der Waals surface area contributed by atoms with E-state index in [1.807, 2.05) is 58.9 Å². The van der Waals surface area contributed by atoms with Crippen LogP contribution in [0.3, 0.4) is 0 Å². The van der Waals surface area contributed by atoms with Crippen LogP contribution in [0, 0.1) is 5.92 Å². The predicted molar refractivity (Wildman–Crippen MR) is 122 cm³/mol. The fourth-order valence-electron chi connectivity index (χ4n) is 3.70. The molecular weight excluding hydrogens is 377 g/mol. The van der Waals surface area contributed by atoms with Gasteiger partial charge in [0.15, 0.2) is 0 Å². The number of ether oxygens (including phenoxy) is 1. The van der Waals surface area contributed by atoms with Gasteiger partial charge in [0.25, 0.3) is 0 Å². The van der Waals surface area contributed by atoms with Gasteiger partial charge in [-0.15, -0.1) is 0 Å². The molecule has 0 aromatic carbocycles. The van der Waals surface area contributed by atoms with Gasteiger partial charge in [0.1, 0.15) is 17.1 Å². The summed E-state index contributed by atoms with van der Waals surface area (Å²) in [7, 11) is 0. The highest BCUT2D eigenvalue weighted by Gasteiger charge is 2.23. The summed E-state index contributed by atoms with van der Waals surface area (Å²) in [6.07, 6.45) is 15.7. The van der Waals surface area contributed by atoms with Crippen LogP contribution in [0.1, 0.15) is 72.4 Å². The topological polar surface area (TPSA) is 38.3 Å². The van der Waals surface area contributed by atoms with Gasteiger partial charge in [-0.3, -0.25) is 9.88 Å². The Balaban J connectivity index is 0.00000155. The van der Waals surface area contributed by atoms with Gasteiger partial charge in [0.05, 0.1) is 0 Å². The molecule has 30 heavy (non-hydrogen) atoms. The summed E-state index contributed by atoms with van der Waals surface area (Å²) < 4.78 is 20.0. The van der Waals surface area contributed by atoms with Gasteiger partial charge in [0, 0.05) is 25.4 Å². The molecule has 1 fully saturated rings. The van der Waals surface area contributed by atoms with Crippen LogP contribution in [-0.2, 0) is 6.54 Å². The molecule has 0 bridgehead atoms. The lowest BCUT2D eigenvalue weighted by atomic mass is 9.90. The molecule has 1 saturated heterocycles. The second-order valence-electron chi connectivity index (χ2n) is 8.70. The van der Waals surface area contributed by atoms with Gasteiger partial charge in [-0.25, -0.2) is 9.37 Å². The number of aromatic nitrogens is 2. The number of allylic oxidation sites excluding steroid dienone is 6. The van der Waals surface area contributed by atoms with Gasteiger partial charge in [0.2, 0.25) is 5.88 Å². The molecule has 0 radical (unpaired) electrons. The Kier molecular flexibility index (Phi) is 9.70. The van der Waals surface area contributed by atoms with E-state index >= 15 is 0 Å². The lowest BCUT2D eigenvalue weighted by Gasteiger charge is -2.32. The second-order valence-corrected chi connectivity index (χ2v) is 8.70. The molecular formula is C25H38FN3O. The van der Waals surface area contributed by atoms with Crippen LogP contribution in [0.2, 0.25) is 0 Å². The summed E-state index contributed by atoms with van der Waals surface area (Å²) in [5, 5.41) is 0. The first kappa shape index (κ1) is 24.3. The van der Waals surface area contributed by atoms with E-state index in [9.17, 15) is 4.39 Å². The normalized spacial score (nSPS) is 18.1. The molecule has 0 saturated carbocycles. The van der Waals surface area contributed by atoms with E-state index in [2.05, 4.69) is 14.9 Å². The number of hydrogen-bond acceptors (Lipinski definition) is 4. The third-order valence-corrected chi connectivity index (χ3v) is 5.23. The van der Waals surface area contributed by atoms with E-state index in [-0.39, 0.29) is 11.4 Å². The molecule has 1 aromatic rings. The number of halogens is 1. The van der Waals surface area contributed by atoms with Crippen molar-refractivity contribution in [2.75, 3.05) is 13.1 Å². The van der Waals surface area contributed by atoms with Gasteiger partial charge in [-0.1, -0.05) is 38.2 Å². The molecule has 2 heterocycles. The van der Waals surface area contributed by atoms with Crippen LogP contribution in [0.4, 0.5) is 4.39 Å². The van der Waals surface area contributed by atoms with Crippen molar-refractivity contribution >= 4 is 0 Å². The smallest absolute Gasteiger partial charge is 0.237 e. The molecule has 0 spiro atoms. The monoisotopic (exact) mass is 415 g/mol. The summed E-state index contributed by atoms with van der Waals surface area (Å²) in [6.45, 7) is 12.9. The van der Waals surface area contributed by atoms with E-state index < -0.39 is 0 Å². The van der Waals surface area contributed by atoms with Crippen LogP contribution in [0.25, 0.3) is 0 Å². The fraction of sp³-hybridized carbons (Fsp3) is 0.600. The quantitative estimate of drug-likeness (QED) is 0.538. The first-order valence-corrected chi connectivity index (χ1v) is 11.3. The van der Waals surface area contributed by atoms with Crippen LogP contribution in [-0.4, -0.2) is 33.6 Å². The summed E-state index contributed by atoms with van der Waals surface area (Å²) in [4.78, 5) is 11.3. The number of piperidine rings is 1. The summed E-state index contributed by atoms with van der Waals surface area (Å²) in [5.41, 5.74) is 1.49. The maximum atomic E-state index is 14.1. The number of rotatable bonds is 6. The van der Waals surface area contributed by atoms with Crippen LogP contribution in [0.5, 0.6) is 5.88 Å². The van der Waals surface area contributed by atoms with Crippen LogP contribution in [0.15, 0.2) is 48.1 Å². The molecule has 4 nitrogen and oxygen atoms in total.